The Hall–Kier alpha value is -2.51. The van der Waals surface area contributed by atoms with E-state index in [9.17, 15) is 10.1 Å². The third kappa shape index (κ3) is 3.06. The van der Waals surface area contributed by atoms with Crippen LogP contribution in [0.4, 0.5) is 0 Å². The van der Waals surface area contributed by atoms with E-state index < -0.39 is 0 Å². The molecule has 0 N–H and O–H groups in total. The molecule has 2 fully saturated rings. The standard InChI is InChI=1S/C30H32N2OS/c1-18(19-7-5-4-6-8-19)23(17-31)28-32-27-26(34-28)16-25-22-10-9-20-15-21(33)11-13-29(20,2)24(22)12-14-30(25,27)3/h4-8,15,22,24-25H,9-14,16H2,1-3H3/b23-18+/t22-,24+,25+,29+,30+/m1/s1. The molecule has 34 heavy (non-hydrogen) atoms. The van der Waals surface area contributed by atoms with Gasteiger partial charge < -0.3 is 0 Å². The molecule has 4 heteroatoms. The van der Waals surface area contributed by atoms with Crippen LogP contribution in [0, 0.1) is 34.5 Å². The van der Waals surface area contributed by atoms with Crippen molar-refractivity contribution in [3.05, 3.63) is 63.1 Å². The molecule has 1 aromatic heterocycles. The number of benzene rings is 1. The van der Waals surface area contributed by atoms with Crippen LogP contribution in [-0.4, -0.2) is 10.8 Å². The number of thiazole rings is 1. The molecule has 6 rings (SSSR count). The van der Waals surface area contributed by atoms with Crippen LogP contribution in [0.5, 0.6) is 0 Å². The topological polar surface area (TPSA) is 53.8 Å². The molecule has 0 unspecified atom stereocenters. The fourth-order valence-electron chi connectivity index (χ4n) is 7.92. The summed E-state index contributed by atoms with van der Waals surface area (Å²) in [5.74, 6) is 2.35. The Bertz CT molecular complexity index is 1280. The van der Waals surface area contributed by atoms with E-state index in [4.69, 9.17) is 4.98 Å². The van der Waals surface area contributed by atoms with Crippen LogP contribution >= 0.6 is 11.3 Å². The summed E-state index contributed by atoms with van der Waals surface area (Å²) in [5.41, 5.74) is 5.82. The Morgan fingerprint density at radius 1 is 1.09 bits per heavy atom. The van der Waals surface area contributed by atoms with E-state index in [0.29, 0.717) is 35.5 Å². The summed E-state index contributed by atoms with van der Waals surface area (Å²) < 4.78 is 0. The van der Waals surface area contributed by atoms with Gasteiger partial charge in [0, 0.05) is 16.7 Å². The van der Waals surface area contributed by atoms with Gasteiger partial charge in [-0.3, -0.25) is 4.79 Å². The highest BCUT2D eigenvalue weighted by Gasteiger charge is 2.58. The number of allylic oxidation sites excluding steroid dienone is 4. The summed E-state index contributed by atoms with van der Waals surface area (Å²) in [6, 6.07) is 12.7. The minimum atomic E-state index is 0.106. The first-order chi connectivity index (χ1) is 16.3. The van der Waals surface area contributed by atoms with Gasteiger partial charge in [-0.1, -0.05) is 49.8 Å². The number of aromatic nitrogens is 1. The molecule has 4 aliphatic carbocycles. The smallest absolute Gasteiger partial charge is 0.155 e. The van der Waals surface area contributed by atoms with Crippen molar-refractivity contribution >= 4 is 28.3 Å². The maximum atomic E-state index is 12.1. The van der Waals surface area contributed by atoms with Gasteiger partial charge in [0.05, 0.1) is 11.3 Å². The van der Waals surface area contributed by atoms with Crippen molar-refractivity contribution in [3.63, 3.8) is 0 Å². The van der Waals surface area contributed by atoms with Crippen molar-refractivity contribution < 1.29 is 4.79 Å². The molecular weight excluding hydrogens is 436 g/mol. The second-order valence-electron chi connectivity index (χ2n) is 11.4. The van der Waals surface area contributed by atoms with Crippen molar-refractivity contribution in [2.75, 3.05) is 0 Å². The van der Waals surface area contributed by atoms with Gasteiger partial charge in [0.25, 0.3) is 0 Å². The number of rotatable bonds is 2. The summed E-state index contributed by atoms with van der Waals surface area (Å²) in [6.07, 6.45) is 9.51. The van der Waals surface area contributed by atoms with Crippen molar-refractivity contribution in [1.29, 1.82) is 5.26 Å². The Morgan fingerprint density at radius 3 is 2.65 bits per heavy atom. The van der Waals surface area contributed by atoms with E-state index in [1.165, 1.54) is 29.0 Å². The van der Waals surface area contributed by atoms with E-state index in [2.05, 4.69) is 32.0 Å². The predicted molar refractivity (Wildman–Crippen MR) is 137 cm³/mol. The second kappa shape index (κ2) is 7.75. The van der Waals surface area contributed by atoms with Gasteiger partial charge >= 0.3 is 0 Å². The first kappa shape index (κ1) is 22.0. The lowest BCUT2D eigenvalue weighted by Crippen LogP contribution is -2.51. The molecular formula is C30H32N2OS. The van der Waals surface area contributed by atoms with E-state index in [0.717, 1.165) is 41.8 Å². The second-order valence-corrected chi connectivity index (χ2v) is 12.5. The SMILES string of the molecule is C/C(=C(/C#N)c1nc2c(s1)C[C@H]1[C@@H]3CCC4=CC(=O)CC[C@]4(C)[C@H]3CC[C@]21C)c1ccccc1. The van der Waals surface area contributed by atoms with Gasteiger partial charge in [-0.2, -0.15) is 5.26 Å². The lowest BCUT2D eigenvalue weighted by atomic mass is 9.47. The van der Waals surface area contributed by atoms with Crippen LogP contribution in [0.3, 0.4) is 0 Å². The first-order valence-electron chi connectivity index (χ1n) is 12.8. The zero-order chi connectivity index (χ0) is 23.7. The van der Waals surface area contributed by atoms with Crippen LogP contribution in [0.15, 0.2) is 42.0 Å². The number of carbonyl (C=O) groups excluding carboxylic acids is 1. The van der Waals surface area contributed by atoms with E-state index in [-0.39, 0.29) is 10.8 Å². The Kier molecular flexibility index (Phi) is 5.01. The van der Waals surface area contributed by atoms with Crippen molar-refractivity contribution in [2.24, 2.45) is 23.2 Å². The fraction of sp³-hybridized carbons (Fsp3) is 0.500. The van der Waals surface area contributed by atoms with E-state index in [1.807, 2.05) is 31.2 Å². The van der Waals surface area contributed by atoms with Crippen LogP contribution in [0.2, 0.25) is 0 Å². The number of fused-ring (bicyclic) bond motifs is 7. The molecule has 2 saturated carbocycles. The largest absolute Gasteiger partial charge is 0.295 e. The zero-order valence-corrected chi connectivity index (χ0v) is 21.2. The van der Waals surface area contributed by atoms with Crippen LogP contribution in [-0.2, 0) is 16.6 Å². The summed E-state index contributed by atoms with van der Waals surface area (Å²) in [4.78, 5) is 18.7. The van der Waals surface area contributed by atoms with Gasteiger partial charge in [0.1, 0.15) is 11.1 Å². The molecule has 3 nitrogen and oxygen atoms in total. The number of hydrogen-bond donors (Lipinski definition) is 0. The Labute approximate surface area is 206 Å². The van der Waals surface area contributed by atoms with Gasteiger partial charge in [0.15, 0.2) is 5.78 Å². The lowest BCUT2D eigenvalue weighted by Gasteiger charge is -2.57. The molecule has 4 aliphatic rings. The maximum Gasteiger partial charge on any atom is 0.155 e. The zero-order valence-electron chi connectivity index (χ0n) is 20.4. The summed E-state index contributed by atoms with van der Waals surface area (Å²) in [7, 11) is 0. The quantitative estimate of drug-likeness (QED) is 0.440. The summed E-state index contributed by atoms with van der Waals surface area (Å²) in [5, 5.41) is 10.9. The highest BCUT2D eigenvalue weighted by Crippen LogP contribution is 2.65. The lowest BCUT2D eigenvalue weighted by molar-refractivity contribution is -0.117. The minimum Gasteiger partial charge on any atom is -0.295 e. The van der Waals surface area contributed by atoms with Crippen LogP contribution in [0.25, 0.3) is 11.1 Å². The molecule has 0 spiro atoms. The fourth-order valence-corrected chi connectivity index (χ4v) is 9.23. The van der Waals surface area contributed by atoms with E-state index in [1.54, 1.807) is 11.3 Å². The van der Waals surface area contributed by atoms with Crippen molar-refractivity contribution in [2.45, 2.75) is 71.1 Å². The Morgan fingerprint density at radius 2 is 1.88 bits per heavy atom. The average molecular weight is 469 g/mol. The minimum absolute atomic E-state index is 0.106. The molecule has 5 atom stereocenters. The van der Waals surface area contributed by atoms with Crippen molar-refractivity contribution in [3.8, 4) is 6.07 Å². The third-order valence-electron chi connectivity index (χ3n) is 9.90. The van der Waals surface area contributed by atoms with Gasteiger partial charge in [-0.05, 0) is 85.8 Å². The number of nitrogens with zero attached hydrogens (tertiary/aromatic N) is 2. The van der Waals surface area contributed by atoms with Crippen LogP contribution in [0.1, 0.15) is 80.4 Å². The number of hydrogen-bond acceptors (Lipinski definition) is 4. The van der Waals surface area contributed by atoms with Crippen molar-refractivity contribution in [1.82, 2.24) is 4.98 Å². The molecule has 0 bridgehead atoms. The predicted octanol–water partition coefficient (Wildman–Crippen LogP) is 7.14. The molecule has 174 valence electrons. The number of carbonyl (C=O) groups is 1. The number of nitriles is 1. The van der Waals surface area contributed by atoms with E-state index >= 15 is 0 Å². The average Bonchev–Trinajstić information content (AvgIpc) is 3.37. The monoisotopic (exact) mass is 468 g/mol. The third-order valence-corrected chi connectivity index (χ3v) is 11.0. The summed E-state index contributed by atoms with van der Waals surface area (Å²) in [6.45, 7) is 6.93. The van der Waals surface area contributed by atoms with Gasteiger partial charge in [-0.15, -0.1) is 11.3 Å². The molecule has 2 aromatic rings. The molecule has 0 aliphatic heterocycles. The first-order valence-corrected chi connectivity index (χ1v) is 13.6. The summed E-state index contributed by atoms with van der Waals surface area (Å²) >= 11 is 1.76. The maximum absolute atomic E-state index is 12.1. The molecule has 1 aromatic carbocycles. The van der Waals surface area contributed by atoms with Crippen LogP contribution < -0.4 is 0 Å². The van der Waals surface area contributed by atoms with Gasteiger partial charge in [-0.25, -0.2) is 4.98 Å². The normalized spacial score (nSPS) is 34.7. The highest BCUT2D eigenvalue weighted by molar-refractivity contribution is 7.13. The Balaban J connectivity index is 1.34. The molecule has 0 radical (unpaired) electrons. The highest BCUT2D eigenvalue weighted by atomic mass is 32.1. The molecule has 1 heterocycles. The molecule has 0 saturated heterocycles. The number of ketones is 1. The molecule has 0 amide bonds. The van der Waals surface area contributed by atoms with Gasteiger partial charge in [0.2, 0.25) is 0 Å².